The van der Waals surface area contributed by atoms with Crippen molar-refractivity contribution in [1.82, 2.24) is 14.5 Å². The lowest BCUT2D eigenvalue weighted by atomic mass is 10.1. The summed E-state index contributed by atoms with van der Waals surface area (Å²) in [5, 5.41) is 6.70. The molecule has 196 valence electrons. The van der Waals surface area contributed by atoms with Crippen LogP contribution in [0.1, 0.15) is 23.7 Å². The van der Waals surface area contributed by atoms with Crippen LogP contribution < -0.4 is 25.7 Å². The van der Waals surface area contributed by atoms with Crippen molar-refractivity contribution in [2.45, 2.75) is 13.3 Å². The number of benzene rings is 2. The number of anilines is 2. The monoisotopic (exact) mass is 521 g/mol. The molecule has 3 heterocycles. The molecular formula is C30H27N5O4. The van der Waals surface area contributed by atoms with Gasteiger partial charge in [-0.15, -0.1) is 0 Å². The van der Waals surface area contributed by atoms with Crippen LogP contribution in [-0.4, -0.2) is 34.1 Å². The molecule has 9 nitrogen and oxygen atoms in total. The summed E-state index contributed by atoms with van der Waals surface area (Å²) in [6.45, 7) is 2.91. The Morgan fingerprint density at radius 1 is 0.897 bits per heavy atom. The molecule has 0 aliphatic rings. The maximum absolute atomic E-state index is 13.5. The fraction of sp³-hybridized carbons (Fsp3) is 0.133. The first-order valence-electron chi connectivity index (χ1n) is 12.5. The summed E-state index contributed by atoms with van der Waals surface area (Å²) in [6.07, 6.45) is 4.28. The first kappa shape index (κ1) is 25.5. The van der Waals surface area contributed by atoms with E-state index in [0.29, 0.717) is 39.7 Å². The summed E-state index contributed by atoms with van der Waals surface area (Å²) >= 11 is 0. The van der Waals surface area contributed by atoms with E-state index in [1.54, 1.807) is 86.2 Å². The van der Waals surface area contributed by atoms with E-state index in [1.807, 2.05) is 12.1 Å². The highest BCUT2D eigenvalue weighted by Gasteiger charge is 2.18. The van der Waals surface area contributed by atoms with Crippen LogP contribution in [0.15, 0.2) is 96.1 Å². The number of methoxy groups -OCH3 is 1. The van der Waals surface area contributed by atoms with Crippen LogP contribution in [0, 0.1) is 0 Å². The SMILES string of the molecule is CCCNc1cc(Oc2ccc(NC(=O)c3cc4cccnc4n(-c4ccc(OC)cc4)c3=O)cc2)ccn1. The van der Waals surface area contributed by atoms with Crippen LogP contribution in [-0.2, 0) is 0 Å². The molecule has 0 saturated carbocycles. The van der Waals surface area contributed by atoms with Crippen molar-refractivity contribution in [3.05, 3.63) is 107 Å². The number of hydrogen-bond acceptors (Lipinski definition) is 7. The number of hydrogen-bond donors (Lipinski definition) is 2. The molecule has 9 heteroatoms. The Labute approximate surface area is 225 Å². The van der Waals surface area contributed by atoms with Gasteiger partial charge in [0.1, 0.15) is 34.3 Å². The van der Waals surface area contributed by atoms with Gasteiger partial charge in [-0.05, 0) is 79.2 Å². The lowest BCUT2D eigenvalue weighted by molar-refractivity contribution is 0.102. The third kappa shape index (κ3) is 5.72. The van der Waals surface area contributed by atoms with Gasteiger partial charge in [0.2, 0.25) is 0 Å². The number of carbonyl (C=O) groups excluding carboxylic acids is 1. The minimum absolute atomic E-state index is 0.00413. The highest BCUT2D eigenvalue weighted by molar-refractivity contribution is 6.05. The van der Waals surface area contributed by atoms with E-state index < -0.39 is 11.5 Å². The minimum atomic E-state index is -0.526. The number of carbonyl (C=O) groups is 1. The third-order valence-electron chi connectivity index (χ3n) is 5.97. The van der Waals surface area contributed by atoms with E-state index >= 15 is 0 Å². The van der Waals surface area contributed by atoms with Crippen molar-refractivity contribution in [3.8, 4) is 22.9 Å². The number of nitrogens with one attached hydrogen (secondary N) is 2. The molecule has 2 aromatic carbocycles. The molecule has 2 N–H and O–H groups in total. The second kappa shape index (κ2) is 11.5. The zero-order chi connectivity index (χ0) is 27.2. The lowest BCUT2D eigenvalue weighted by Crippen LogP contribution is -2.29. The largest absolute Gasteiger partial charge is 0.497 e. The highest BCUT2D eigenvalue weighted by Crippen LogP contribution is 2.25. The van der Waals surface area contributed by atoms with Crippen LogP contribution >= 0.6 is 0 Å². The van der Waals surface area contributed by atoms with Crippen molar-refractivity contribution in [2.75, 3.05) is 24.3 Å². The van der Waals surface area contributed by atoms with Gasteiger partial charge in [0, 0.05) is 36.1 Å². The summed E-state index contributed by atoms with van der Waals surface area (Å²) < 4.78 is 12.6. The predicted octanol–water partition coefficient (Wildman–Crippen LogP) is 5.66. The number of amides is 1. The normalized spacial score (nSPS) is 10.7. The molecule has 0 spiro atoms. The van der Waals surface area contributed by atoms with Crippen molar-refractivity contribution in [1.29, 1.82) is 0 Å². The second-order valence-corrected chi connectivity index (χ2v) is 8.70. The van der Waals surface area contributed by atoms with Crippen LogP contribution in [0.4, 0.5) is 11.5 Å². The zero-order valence-electron chi connectivity index (χ0n) is 21.5. The van der Waals surface area contributed by atoms with Crippen molar-refractivity contribution in [2.24, 2.45) is 0 Å². The predicted molar refractivity (Wildman–Crippen MR) is 151 cm³/mol. The molecule has 3 aromatic heterocycles. The molecule has 0 unspecified atom stereocenters. The van der Waals surface area contributed by atoms with E-state index in [2.05, 4.69) is 27.5 Å². The Morgan fingerprint density at radius 3 is 2.41 bits per heavy atom. The summed E-state index contributed by atoms with van der Waals surface area (Å²) in [4.78, 5) is 35.4. The van der Waals surface area contributed by atoms with Gasteiger partial charge in [-0.25, -0.2) is 9.97 Å². The number of aromatic nitrogens is 3. The standard InChI is InChI=1S/C30H27N5O4/c1-3-15-31-27-19-25(14-17-32-27)39-24-10-6-21(7-11-24)34-29(36)26-18-20-5-4-16-33-28(20)35(30(26)37)22-8-12-23(38-2)13-9-22/h4-14,16-19H,3,15H2,1-2H3,(H,31,32)(H,34,36). The van der Waals surface area contributed by atoms with Crippen LogP contribution in [0.2, 0.25) is 0 Å². The Bertz CT molecular complexity index is 1660. The van der Waals surface area contributed by atoms with Gasteiger partial charge in [-0.2, -0.15) is 0 Å². The number of nitrogens with zero attached hydrogens (tertiary/aromatic N) is 3. The molecule has 0 aliphatic carbocycles. The maximum Gasteiger partial charge on any atom is 0.269 e. The van der Waals surface area contributed by atoms with E-state index in [4.69, 9.17) is 9.47 Å². The van der Waals surface area contributed by atoms with Gasteiger partial charge >= 0.3 is 0 Å². The van der Waals surface area contributed by atoms with E-state index in [-0.39, 0.29) is 5.56 Å². The average molecular weight is 522 g/mol. The molecule has 0 atom stereocenters. The first-order chi connectivity index (χ1) is 19.1. The highest BCUT2D eigenvalue weighted by atomic mass is 16.5. The number of ether oxygens (including phenoxy) is 2. The molecule has 0 bridgehead atoms. The van der Waals surface area contributed by atoms with Gasteiger partial charge in [0.05, 0.1) is 12.8 Å². The van der Waals surface area contributed by atoms with Gasteiger partial charge in [0.15, 0.2) is 0 Å². The molecule has 5 aromatic rings. The van der Waals surface area contributed by atoms with Crippen molar-refractivity contribution < 1.29 is 14.3 Å². The maximum atomic E-state index is 13.5. The van der Waals surface area contributed by atoms with E-state index in [0.717, 1.165) is 18.8 Å². The average Bonchev–Trinajstić information content (AvgIpc) is 2.97. The smallest absolute Gasteiger partial charge is 0.269 e. The van der Waals surface area contributed by atoms with Gasteiger partial charge in [0.25, 0.3) is 11.5 Å². The fourth-order valence-corrected chi connectivity index (χ4v) is 4.04. The van der Waals surface area contributed by atoms with Gasteiger partial charge in [-0.3, -0.25) is 14.2 Å². The van der Waals surface area contributed by atoms with Crippen molar-refractivity contribution in [3.63, 3.8) is 0 Å². The molecular weight excluding hydrogens is 494 g/mol. The third-order valence-corrected chi connectivity index (χ3v) is 5.97. The summed E-state index contributed by atoms with van der Waals surface area (Å²) in [6, 6.07) is 22.7. The Balaban J connectivity index is 1.38. The Morgan fingerprint density at radius 2 is 1.67 bits per heavy atom. The van der Waals surface area contributed by atoms with Gasteiger partial charge < -0.3 is 20.1 Å². The molecule has 0 aliphatic heterocycles. The fourth-order valence-electron chi connectivity index (χ4n) is 4.04. The first-order valence-corrected chi connectivity index (χ1v) is 12.5. The van der Waals surface area contributed by atoms with E-state index in [9.17, 15) is 9.59 Å². The topological polar surface area (TPSA) is 107 Å². The molecule has 0 saturated heterocycles. The zero-order valence-corrected chi connectivity index (χ0v) is 21.5. The molecule has 1 amide bonds. The lowest BCUT2D eigenvalue weighted by Gasteiger charge is -2.13. The number of rotatable bonds is 9. The molecule has 5 rings (SSSR count). The number of pyridine rings is 3. The van der Waals surface area contributed by atoms with Gasteiger partial charge in [-0.1, -0.05) is 6.92 Å². The number of fused-ring (bicyclic) bond motifs is 1. The van der Waals surface area contributed by atoms with Crippen molar-refractivity contribution >= 4 is 28.4 Å². The molecule has 0 radical (unpaired) electrons. The molecule has 0 fully saturated rings. The Hall–Kier alpha value is -5.18. The van der Waals surface area contributed by atoms with Crippen LogP contribution in [0.5, 0.6) is 17.2 Å². The summed E-state index contributed by atoms with van der Waals surface area (Å²) in [5.41, 5.74) is 1.07. The Kier molecular flexibility index (Phi) is 7.49. The van der Waals surface area contributed by atoms with Crippen LogP contribution in [0.25, 0.3) is 16.7 Å². The van der Waals surface area contributed by atoms with E-state index in [1.165, 1.54) is 4.57 Å². The summed E-state index contributed by atoms with van der Waals surface area (Å²) in [7, 11) is 1.57. The minimum Gasteiger partial charge on any atom is -0.497 e. The van der Waals surface area contributed by atoms with Crippen LogP contribution in [0.3, 0.4) is 0 Å². The molecule has 39 heavy (non-hydrogen) atoms. The summed E-state index contributed by atoms with van der Waals surface area (Å²) in [5.74, 6) is 2.11. The quantitative estimate of drug-likeness (QED) is 0.258. The second-order valence-electron chi connectivity index (χ2n) is 8.70.